The minimum Gasteiger partial charge on any atom is -0.370 e. The van der Waals surface area contributed by atoms with Gasteiger partial charge >= 0.3 is 0 Å². The van der Waals surface area contributed by atoms with E-state index in [0.717, 1.165) is 42.7 Å². The second kappa shape index (κ2) is 8.10. The van der Waals surface area contributed by atoms with Gasteiger partial charge in [-0.15, -0.1) is 0 Å². The summed E-state index contributed by atoms with van der Waals surface area (Å²) in [6, 6.07) is 6.79. The molecule has 4 nitrogen and oxygen atoms in total. The maximum Gasteiger partial charge on any atom is 0.0994 e. The van der Waals surface area contributed by atoms with Crippen LogP contribution in [0.25, 0.3) is 27.7 Å². The molecule has 0 saturated carbocycles. The van der Waals surface area contributed by atoms with Crippen molar-refractivity contribution in [2.45, 2.75) is 54.4 Å². The van der Waals surface area contributed by atoms with Gasteiger partial charge in [-0.3, -0.25) is 9.97 Å². The van der Waals surface area contributed by atoms with Crippen LogP contribution >= 0.6 is 0 Å². The molecule has 0 aliphatic rings. The minimum absolute atomic E-state index is 1.04. The number of nitrogens with zero attached hydrogens (tertiary/aromatic N) is 4. The Morgan fingerprint density at radius 2 is 1.57 bits per heavy atom. The lowest BCUT2D eigenvalue weighted by Gasteiger charge is -2.25. The lowest BCUT2D eigenvalue weighted by molar-refractivity contribution is 0.745. The molecule has 156 valence electrons. The fraction of sp³-hybridized carbons (Fsp3) is 0.385. The summed E-state index contributed by atoms with van der Waals surface area (Å²) in [5.41, 5.74) is 12.1. The molecule has 0 atom stereocenters. The minimum atomic E-state index is 1.04. The highest BCUT2D eigenvalue weighted by molar-refractivity contribution is 6.08. The van der Waals surface area contributed by atoms with Crippen molar-refractivity contribution >= 4 is 22.2 Å². The predicted octanol–water partition coefficient (Wildman–Crippen LogP) is 6.41. The molecule has 0 spiro atoms. The van der Waals surface area contributed by atoms with Gasteiger partial charge < -0.3 is 9.30 Å². The van der Waals surface area contributed by atoms with E-state index in [1.165, 1.54) is 39.0 Å². The first-order valence-corrected chi connectivity index (χ1v) is 11.0. The summed E-state index contributed by atoms with van der Waals surface area (Å²) in [6.07, 6.45) is 8.18. The summed E-state index contributed by atoms with van der Waals surface area (Å²) < 4.78 is 2.29. The van der Waals surface area contributed by atoms with E-state index in [-0.39, 0.29) is 0 Å². The Bertz CT molecular complexity index is 1190. The van der Waals surface area contributed by atoms with Crippen molar-refractivity contribution in [1.29, 1.82) is 0 Å². The van der Waals surface area contributed by atoms with E-state index in [4.69, 9.17) is 4.98 Å². The zero-order chi connectivity index (χ0) is 21.4. The predicted molar refractivity (Wildman–Crippen MR) is 128 cm³/mol. The third kappa shape index (κ3) is 3.34. The van der Waals surface area contributed by atoms with Crippen molar-refractivity contribution in [2.75, 3.05) is 18.0 Å². The number of hydrogen-bond donors (Lipinski definition) is 0. The van der Waals surface area contributed by atoms with E-state index in [1.54, 1.807) is 0 Å². The standard InChI is InChI=1S/C26H32N4/c1-7-10-29(11-8-2)21-15-20(6)28-25-24(22-16-27-9-12-30(22)26(21)25)23-18(4)13-17(3)14-19(23)5/h9,12-16H,7-8,10-11H2,1-6H3. The van der Waals surface area contributed by atoms with E-state index in [1.807, 2.05) is 12.4 Å². The van der Waals surface area contributed by atoms with Gasteiger partial charge in [0.15, 0.2) is 0 Å². The van der Waals surface area contributed by atoms with E-state index in [9.17, 15) is 0 Å². The molecule has 0 saturated heterocycles. The van der Waals surface area contributed by atoms with Crippen LogP contribution in [0.4, 0.5) is 5.69 Å². The van der Waals surface area contributed by atoms with Gasteiger partial charge in [0.1, 0.15) is 0 Å². The second-order valence-corrected chi connectivity index (χ2v) is 8.45. The molecule has 1 aromatic carbocycles. The van der Waals surface area contributed by atoms with Crippen LogP contribution in [-0.2, 0) is 0 Å². The Hall–Kier alpha value is -2.88. The fourth-order valence-corrected chi connectivity index (χ4v) is 4.88. The molecule has 3 aromatic heterocycles. The van der Waals surface area contributed by atoms with E-state index >= 15 is 0 Å². The fourth-order valence-electron chi connectivity index (χ4n) is 4.88. The van der Waals surface area contributed by atoms with Crippen LogP contribution in [0, 0.1) is 27.7 Å². The molecule has 4 heteroatoms. The second-order valence-electron chi connectivity index (χ2n) is 8.45. The molecule has 0 fully saturated rings. The van der Waals surface area contributed by atoms with Crippen LogP contribution < -0.4 is 4.90 Å². The highest BCUT2D eigenvalue weighted by atomic mass is 15.1. The highest BCUT2D eigenvalue weighted by Crippen LogP contribution is 2.41. The van der Waals surface area contributed by atoms with Crippen molar-refractivity contribution in [1.82, 2.24) is 14.4 Å². The molecule has 0 bridgehead atoms. The van der Waals surface area contributed by atoms with Crippen molar-refractivity contribution in [3.05, 3.63) is 59.2 Å². The molecule has 0 radical (unpaired) electrons. The molecule has 4 aromatic rings. The molecule has 4 rings (SSSR count). The van der Waals surface area contributed by atoms with Crippen LogP contribution in [0.5, 0.6) is 0 Å². The Balaban J connectivity index is 2.15. The Kier molecular flexibility index (Phi) is 5.50. The molecular weight excluding hydrogens is 368 g/mol. The lowest BCUT2D eigenvalue weighted by atomic mass is 9.93. The number of aryl methyl sites for hydroxylation is 4. The van der Waals surface area contributed by atoms with Gasteiger partial charge in [-0.1, -0.05) is 31.5 Å². The van der Waals surface area contributed by atoms with Gasteiger partial charge in [-0.25, -0.2) is 0 Å². The molecular formula is C26H32N4. The first-order valence-electron chi connectivity index (χ1n) is 11.0. The summed E-state index contributed by atoms with van der Waals surface area (Å²) in [7, 11) is 0. The number of benzene rings is 1. The van der Waals surface area contributed by atoms with Crippen molar-refractivity contribution in [3.8, 4) is 11.1 Å². The summed E-state index contributed by atoms with van der Waals surface area (Å²) in [4.78, 5) is 12.1. The van der Waals surface area contributed by atoms with Crippen LogP contribution in [-0.4, -0.2) is 27.5 Å². The van der Waals surface area contributed by atoms with Crippen LogP contribution in [0.1, 0.15) is 49.1 Å². The molecule has 0 aliphatic carbocycles. The molecule has 0 unspecified atom stereocenters. The van der Waals surface area contributed by atoms with Crippen molar-refractivity contribution in [3.63, 3.8) is 0 Å². The highest BCUT2D eigenvalue weighted by Gasteiger charge is 2.23. The third-order valence-electron chi connectivity index (χ3n) is 5.85. The van der Waals surface area contributed by atoms with Crippen LogP contribution in [0.3, 0.4) is 0 Å². The summed E-state index contributed by atoms with van der Waals surface area (Å²) in [6.45, 7) is 15.3. The topological polar surface area (TPSA) is 33.4 Å². The number of aromatic nitrogens is 3. The maximum absolute atomic E-state index is 5.08. The van der Waals surface area contributed by atoms with Crippen molar-refractivity contribution < 1.29 is 0 Å². The molecule has 0 amide bonds. The Labute approximate surface area is 179 Å². The first kappa shape index (κ1) is 20.4. The van der Waals surface area contributed by atoms with Gasteiger partial charge in [-0.05, 0) is 63.3 Å². The lowest BCUT2D eigenvalue weighted by Crippen LogP contribution is -2.25. The number of hydrogen-bond acceptors (Lipinski definition) is 3. The smallest absolute Gasteiger partial charge is 0.0994 e. The average Bonchev–Trinajstić information content (AvgIpc) is 3.01. The number of fused-ring (bicyclic) bond motifs is 3. The van der Waals surface area contributed by atoms with Gasteiger partial charge in [0.2, 0.25) is 0 Å². The van der Waals surface area contributed by atoms with E-state index in [0.29, 0.717) is 0 Å². The first-order chi connectivity index (χ1) is 14.5. The number of rotatable bonds is 6. The van der Waals surface area contributed by atoms with E-state index < -0.39 is 0 Å². The zero-order valence-electron chi connectivity index (χ0n) is 19.1. The average molecular weight is 401 g/mol. The Morgan fingerprint density at radius 1 is 0.900 bits per heavy atom. The maximum atomic E-state index is 5.08. The van der Waals surface area contributed by atoms with Gasteiger partial charge in [0.05, 0.1) is 28.4 Å². The van der Waals surface area contributed by atoms with Gasteiger partial charge in [-0.2, -0.15) is 0 Å². The zero-order valence-corrected chi connectivity index (χ0v) is 19.1. The number of anilines is 1. The monoisotopic (exact) mass is 400 g/mol. The Morgan fingerprint density at radius 3 is 2.20 bits per heavy atom. The van der Waals surface area contributed by atoms with Crippen LogP contribution in [0.15, 0.2) is 36.8 Å². The normalized spacial score (nSPS) is 11.5. The largest absolute Gasteiger partial charge is 0.370 e. The summed E-state index contributed by atoms with van der Waals surface area (Å²) in [5.74, 6) is 0. The van der Waals surface area contributed by atoms with Crippen molar-refractivity contribution in [2.24, 2.45) is 0 Å². The molecule has 30 heavy (non-hydrogen) atoms. The van der Waals surface area contributed by atoms with Crippen LogP contribution in [0.2, 0.25) is 0 Å². The number of pyridine rings is 1. The molecule has 3 heterocycles. The SMILES string of the molecule is CCCN(CCC)c1cc(C)nc2c(-c3c(C)cc(C)cc3C)c3cnccn3c12. The third-order valence-corrected chi connectivity index (χ3v) is 5.85. The van der Waals surface area contributed by atoms with Gasteiger partial charge in [0.25, 0.3) is 0 Å². The summed E-state index contributed by atoms with van der Waals surface area (Å²) >= 11 is 0. The molecule has 0 N–H and O–H groups in total. The van der Waals surface area contributed by atoms with E-state index in [2.05, 4.69) is 80.2 Å². The molecule has 0 aliphatic heterocycles. The quantitative estimate of drug-likeness (QED) is 0.375. The van der Waals surface area contributed by atoms with Gasteiger partial charge in [0, 0.05) is 36.7 Å². The summed E-state index contributed by atoms with van der Waals surface area (Å²) in [5, 5.41) is 0.